The molecule has 2 N–H and O–H groups in total. The quantitative estimate of drug-likeness (QED) is 0.659. The van der Waals surface area contributed by atoms with Crippen LogP contribution in [-0.4, -0.2) is 30.5 Å². The molecule has 0 spiro atoms. The average Bonchev–Trinajstić information content (AvgIpc) is 2.07. The van der Waals surface area contributed by atoms with Gasteiger partial charge in [-0.15, -0.1) is 0 Å². The van der Waals surface area contributed by atoms with Crippen molar-refractivity contribution in [3.63, 3.8) is 0 Å². The van der Waals surface area contributed by atoms with E-state index >= 15 is 0 Å². The normalized spacial score (nSPS) is 34.2. The van der Waals surface area contributed by atoms with Crippen LogP contribution in [0.4, 0.5) is 0 Å². The van der Waals surface area contributed by atoms with Gasteiger partial charge in [0.2, 0.25) is 0 Å². The SMILES string of the molecule is CC1NCC(C(=O)C(C)(C)C)NC1C. The van der Waals surface area contributed by atoms with Gasteiger partial charge in [0, 0.05) is 24.0 Å². The van der Waals surface area contributed by atoms with Crippen LogP contribution in [0.1, 0.15) is 34.6 Å². The van der Waals surface area contributed by atoms with E-state index in [2.05, 4.69) is 24.5 Å². The maximum Gasteiger partial charge on any atom is 0.156 e. The Balaban J connectivity index is 2.59. The Hall–Kier alpha value is -0.410. The van der Waals surface area contributed by atoms with Gasteiger partial charge >= 0.3 is 0 Å². The summed E-state index contributed by atoms with van der Waals surface area (Å²) in [4.78, 5) is 12.0. The van der Waals surface area contributed by atoms with Gasteiger partial charge in [0.1, 0.15) is 0 Å². The highest BCUT2D eigenvalue weighted by Crippen LogP contribution is 2.18. The molecular weight excluding hydrogens is 176 g/mol. The predicted octanol–water partition coefficient (Wildman–Crippen LogP) is 0.940. The molecule has 0 aromatic carbocycles. The smallest absolute Gasteiger partial charge is 0.156 e. The number of piperazine rings is 1. The van der Waals surface area contributed by atoms with Crippen molar-refractivity contribution < 1.29 is 4.79 Å². The van der Waals surface area contributed by atoms with E-state index in [1.807, 2.05) is 20.8 Å². The van der Waals surface area contributed by atoms with Crippen LogP contribution >= 0.6 is 0 Å². The molecule has 1 rings (SSSR count). The fourth-order valence-corrected chi connectivity index (χ4v) is 1.69. The Bertz CT molecular complexity index is 220. The van der Waals surface area contributed by atoms with E-state index in [0.29, 0.717) is 17.9 Å². The molecule has 0 saturated carbocycles. The van der Waals surface area contributed by atoms with Gasteiger partial charge in [-0.3, -0.25) is 4.79 Å². The van der Waals surface area contributed by atoms with Gasteiger partial charge < -0.3 is 10.6 Å². The number of rotatable bonds is 1. The van der Waals surface area contributed by atoms with E-state index in [1.54, 1.807) is 0 Å². The molecule has 0 bridgehead atoms. The first-order valence-corrected chi connectivity index (χ1v) is 5.36. The zero-order chi connectivity index (χ0) is 10.9. The summed E-state index contributed by atoms with van der Waals surface area (Å²) in [5.74, 6) is 0.295. The second kappa shape index (κ2) is 3.99. The number of nitrogens with one attached hydrogen (secondary N) is 2. The van der Waals surface area contributed by atoms with Crippen molar-refractivity contribution in [1.82, 2.24) is 10.6 Å². The summed E-state index contributed by atoms with van der Waals surface area (Å²) in [6, 6.07) is 0.778. The monoisotopic (exact) mass is 198 g/mol. The summed E-state index contributed by atoms with van der Waals surface area (Å²) >= 11 is 0. The first kappa shape index (κ1) is 11.7. The number of hydrogen-bond acceptors (Lipinski definition) is 3. The summed E-state index contributed by atoms with van der Waals surface area (Å²) in [5, 5.41) is 6.71. The Morgan fingerprint density at radius 1 is 1.21 bits per heavy atom. The van der Waals surface area contributed by atoms with Crippen LogP contribution in [0.5, 0.6) is 0 Å². The fourth-order valence-electron chi connectivity index (χ4n) is 1.69. The van der Waals surface area contributed by atoms with E-state index in [4.69, 9.17) is 0 Å². The Morgan fingerprint density at radius 2 is 1.79 bits per heavy atom. The number of carbonyl (C=O) groups excluding carboxylic acids is 1. The van der Waals surface area contributed by atoms with Crippen LogP contribution < -0.4 is 10.6 Å². The lowest BCUT2D eigenvalue weighted by atomic mass is 9.85. The van der Waals surface area contributed by atoms with Crippen LogP contribution in [0.15, 0.2) is 0 Å². The molecule has 0 aromatic heterocycles. The molecule has 0 aromatic rings. The van der Waals surface area contributed by atoms with Gasteiger partial charge in [-0.2, -0.15) is 0 Å². The lowest BCUT2D eigenvalue weighted by Crippen LogP contribution is -2.62. The number of ketones is 1. The maximum absolute atomic E-state index is 12.0. The lowest BCUT2D eigenvalue weighted by Gasteiger charge is -2.36. The Labute approximate surface area is 86.6 Å². The minimum atomic E-state index is -0.250. The molecule has 1 aliphatic heterocycles. The topological polar surface area (TPSA) is 41.1 Å². The Kier molecular flexibility index (Phi) is 3.32. The second-order valence-electron chi connectivity index (χ2n) is 5.32. The van der Waals surface area contributed by atoms with Crippen molar-refractivity contribution in [2.75, 3.05) is 6.54 Å². The van der Waals surface area contributed by atoms with Gasteiger partial charge in [-0.1, -0.05) is 20.8 Å². The van der Waals surface area contributed by atoms with Gasteiger partial charge in [-0.25, -0.2) is 0 Å². The van der Waals surface area contributed by atoms with Gasteiger partial charge in [0.05, 0.1) is 6.04 Å². The van der Waals surface area contributed by atoms with Crippen LogP contribution in [0.25, 0.3) is 0 Å². The standard InChI is InChI=1S/C11H22N2O/c1-7-8(2)13-9(6-12-7)10(14)11(3,4)5/h7-9,12-13H,6H2,1-5H3. The molecule has 1 fully saturated rings. The Morgan fingerprint density at radius 3 is 2.21 bits per heavy atom. The van der Waals surface area contributed by atoms with Crippen molar-refractivity contribution in [3.05, 3.63) is 0 Å². The molecule has 3 heteroatoms. The van der Waals surface area contributed by atoms with E-state index in [0.717, 1.165) is 6.54 Å². The minimum absolute atomic E-state index is 0.0267. The first-order chi connectivity index (χ1) is 6.32. The third-order valence-corrected chi connectivity index (χ3v) is 2.91. The third-order valence-electron chi connectivity index (χ3n) is 2.91. The molecule has 14 heavy (non-hydrogen) atoms. The summed E-state index contributed by atoms with van der Waals surface area (Å²) in [7, 11) is 0. The third kappa shape index (κ3) is 2.55. The molecule has 82 valence electrons. The van der Waals surface area contributed by atoms with E-state index in [1.165, 1.54) is 0 Å². The van der Waals surface area contributed by atoms with E-state index in [9.17, 15) is 4.79 Å². The summed E-state index contributed by atoms with van der Waals surface area (Å²) < 4.78 is 0. The summed E-state index contributed by atoms with van der Waals surface area (Å²) in [6.07, 6.45) is 0. The minimum Gasteiger partial charge on any atom is -0.311 e. The van der Waals surface area contributed by atoms with Crippen LogP contribution in [0.3, 0.4) is 0 Å². The number of carbonyl (C=O) groups is 1. The molecule has 0 aliphatic carbocycles. The van der Waals surface area contributed by atoms with Crippen molar-refractivity contribution in [2.24, 2.45) is 5.41 Å². The van der Waals surface area contributed by atoms with Crippen molar-refractivity contribution in [3.8, 4) is 0 Å². The molecule has 3 nitrogen and oxygen atoms in total. The molecule has 1 aliphatic rings. The lowest BCUT2D eigenvalue weighted by molar-refractivity contribution is -0.129. The predicted molar refractivity (Wildman–Crippen MR) is 58.3 cm³/mol. The van der Waals surface area contributed by atoms with Crippen molar-refractivity contribution in [2.45, 2.75) is 52.7 Å². The van der Waals surface area contributed by atoms with Crippen molar-refractivity contribution in [1.29, 1.82) is 0 Å². The number of Topliss-reactive ketones (excluding diaryl/α,β-unsaturated/α-hetero) is 1. The molecule has 3 atom stereocenters. The van der Waals surface area contributed by atoms with Crippen LogP contribution in [0, 0.1) is 5.41 Å². The van der Waals surface area contributed by atoms with Gasteiger partial charge in [-0.05, 0) is 13.8 Å². The number of hydrogen-bond donors (Lipinski definition) is 2. The first-order valence-electron chi connectivity index (χ1n) is 5.36. The molecule has 3 unspecified atom stereocenters. The maximum atomic E-state index is 12.0. The van der Waals surface area contributed by atoms with Gasteiger partial charge in [0.25, 0.3) is 0 Å². The van der Waals surface area contributed by atoms with Crippen LogP contribution in [0.2, 0.25) is 0 Å². The highest BCUT2D eigenvalue weighted by atomic mass is 16.1. The molecular formula is C11H22N2O. The van der Waals surface area contributed by atoms with E-state index in [-0.39, 0.29) is 11.5 Å². The largest absolute Gasteiger partial charge is 0.311 e. The fraction of sp³-hybridized carbons (Fsp3) is 0.909. The average molecular weight is 198 g/mol. The highest BCUT2D eigenvalue weighted by molar-refractivity contribution is 5.89. The summed E-state index contributed by atoms with van der Waals surface area (Å²) in [5.41, 5.74) is -0.250. The zero-order valence-corrected chi connectivity index (χ0v) is 9.85. The molecule has 0 amide bonds. The second-order valence-corrected chi connectivity index (χ2v) is 5.32. The zero-order valence-electron chi connectivity index (χ0n) is 9.85. The van der Waals surface area contributed by atoms with E-state index < -0.39 is 0 Å². The highest BCUT2D eigenvalue weighted by Gasteiger charge is 2.33. The summed E-state index contributed by atoms with van der Waals surface area (Å²) in [6.45, 7) is 10.9. The molecule has 0 radical (unpaired) electrons. The van der Waals surface area contributed by atoms with Crippen molar-refractivity contribution >= 4 is 5.78 Å². The molecule has 1 heterocycles. The van der Waals surface area contributed by atoms with Crippen LogP contribution in [-0.2, 0) is 4.79 Å². The van der Waals surface area contributed by atoms with Gasteiger partial charge in [0.15, 0.2) is 5.78 Å². The molecule has 1 saturated heterocycles.